The summed E-state index contributed by atoms with van der Waals surface area (Å²) in [6, 6.07) is 7.45. The van der Waals surface area contributed by atoms with Gasteiger partial charge in [0.1, 0.15) is 0 Å². The molecule has 0 aliphatic carbocycles. The predicted octanol–water partition coefficient (Wildman–Crippen LogP) is 0.262. The molecule has 10 nitrogen and oxygen atoms in total. The lowest BCUT2D eigenvalue weighted by atomic mass is 10.3. The van der Waals surface area contributed by atoms with Gasteiger partial charge in [0.2, 0.25) is 5.52 Å². The molecule has 2 rings (SSSR count). The van der Waals surface area contributed by atoms with E-state index in [1.54, 1.807) is 18.2 Å². The average molecular weight is 345 g/mol. The van der Waals surface area contributed by atoms with Crippen molar-refractivity contribution in [2.45, 2.75) is 19.8 Å². The van der Waals surface area contributed by atoms with Crippen LogP contribution in [0.15, 0.2) is 29.4 Å². The Morgan fingerprint density at radius 3 is 2.48 bits per heavy atom. The van der Waals surface area contributed by atoms with E-state index in [9.17, 15) is 15.2 Å². The Hall–Kier alpha value is -3.61. The molecule has 0 aliphatic rings. The highest BCUT2D eigenvalue weighted by molar-refractivity contribution is 5.73. The van der Waals surface area contributed by atoms with E-state index >= 15 is 0 Å². The lowest BCUT2D eigenvalue weighted by Crippen LogP contribution is -2.43. The molecule has 0 saturated carbocycles. The standard InChI is InChI=1S/C9H6N4O2.C6H13N3O/c10-5-8-9(11)13(15)7-4-2-1-3-6(7)12(8)14;1-3-4-5-8-6(10)9-7-2/h1-4H,11H2;2-5H2,1H3,(H2,8,9,10). The van der Waals surface area contributed by atoms with E-state index in [1.165, 1.54) is 12.1 Å². The normalized spacial score (nSPS) is 9.44. The van der Waals surface area contributed by atoms with Crippen molar-refractivity contribution < 1.29 is 14.3 Å². The van der Waals surface area contributed by atoms with Crippen LogP contribution in [0.3, 0.4) is 0 Å². The third-order valence-electron chi connectivity index (χ3n) is 3.09. The van der Waals surface area contributed by atoms with E-state index in [4.69, 9.17) is 11.0 Å². The van der Waals surface area contributed by atoms with Crippen molar-refractivity contribution in [3.05, 3.63) is 40.4 Å². The van der Waals surface area contributed by atoms with Crippen molar-refractivity contribution >= 4 is 29.6 Å². The van der Waals surface area contributed by atoms with Gasteiger partial charge in [-0.25, -0.2) is 15.0 Å². The van der Waals surface area contributed by atoms with Gasteiger partial charge in [-0.15, -0.1) is 4.73 Å². The number of hydrogen-bond donors (Lipinski definition) is 3. The summed E-state index contributed by atoms with van der Waals surface area (Å²) in [5, 5.41) is 37.6. The summed E-state index contributed by atoms with van der Waals surface area (Å²) in [6.07, 6.45) is 2.06. The van der Waals surface area contributed by atoms with Crippen molar-refractivity contribution in [1.82, 2.24) is 10.7 Å². The van der Waals surface area contributed by atoms with Gasteiger partial charge < -0.3 is 15.7 Å². The van der Waals surface area contributed by atoms with Crippen LogP contribution in [0, 0.1) is 21.7 Å². The topological polar surface area (TPSA) is 157 Å². The number of carbonyl (C=O) groups is 1. The second kappa shape index (κ2) is 9.51. The molecule has 0 radical (unpaired) electrons. The number of para-hydroxylation sites is 2. The number of amides is 2. The van der Waals surface area contributed by atoms with Crippen LogP contribution < -0.4 is 25.9 Å². The number of urea groups is 1. The van der Waals surface area contributed by atoms with Crippen molar-refractivity contribution in [1.29, 1.82) is 5.26 Å². The summed E-state index contributed by atoms with van der Waals surface area (Å²) in [4.78, 5) is 10.6. The molecule has 132 valence electrons. The number of nitrogen functional groups attached to an aromatic ring is 1. The van der Waals surface area contributed by atoms with Crippen molar-refractivity contribution in [3.8, 4) is 6.07 Å². The highest BCUT2D eigenvalue weighted by Gasteiger charge is 2.22. The van der Waals surface area contributed by atoms with E-state index in [1.807, 2.05) is 0 Å². The zero-order valence-electron chi connectivity index (χ0n) is 13.7. The third-order valence-corrected chi connectivity index (χ3v) is 3.09. The molecular formula is C15H19N7O3. The Kier molecular flexibility index (Phi) is 7.39. The minimum absolute atomic E-state index is 0.123. The molecule has 0 spiro atoms. The first-order chi connectivity index (χ1) is 12.0. The maximum Gasteiger partial charge on any atom is 0.385 e. The SMILES string of the molecule is C=NNC(=O)NCCCC.N#Cc1c(N)[n+]([O-])c2ccccc2[n+]1[O-]. The van der Waals surface area contributed by atoms with Crippen molar-refractivity contribution in [3.63, 3.8) is 0 Å². The van der Waals surface area contributed by atoms with Gasteiger partial charge in [-0.2, -0.15) is 10.4 Å². The fourth-order valence-electron chi connectivity index (χ4n) is 1.85. The minimum atomic E-state index is -0.385. The number of nitrogens with two attached hydrogens (primary N) is 1. The number of hydrogen-bond acceptors (Lipinski definition) is 6. The first kappa shape index (κ1) is 19.4. The van der Waals surface area contributed by atoms with Crippen molar-refractivity contribution in [2.75, 3.05) is 12.3 Å². The van der Waals surface area contributed by atoms with Crippen LogP contribution in [0.2, 0.25) is 0 Å². The number of nitriles is 1. The Labute approximate surface area is 144 Å². The molecular weight excluding hydrogens is 326 g/mol. The summed E-state index contributed by atoms with van der Waals surface area (Å²) >= 11 is 0. The van der Waals surface area contributed by atoms with E-state index in [0.29, 0.717) is 16.0 Å². The lowest BCUT2D eigenvalue weighted by Gasteiger charge is -2.09. The lowest BCUT2D eigenvalue weighted by molar-refractivity contribution is -0.620. The number of anilines is 1. The van der Waals surface area contributed by atoms with Crippen LogP contribution in [0.1, 0.15) is 25.5 Å². The smallest absolute Gasteiger partial charge is 0.385 e. The van der Waals surface area contributed by atoms with E-state index in [0.717, 1.165) is 12.8 Å². The molecule has 1 aromatic carbocycles. The summed E-state index contributed by atoms with van der Waals surface area (Å²) in [5.41, 5.74) is 7.42. The number of unbranched alkanes of at least 4 members (excludes halogenated alkanes) is 1. The van der Waals surface area contributed by atoms with Crippen LogP contribution >= 0.6 is 0 Å². The largest absolute Gasteiger partial charge is 0.710 e. The molecule has 0 atom stereocenters. The molecule has 10 heteroatoms. The second-order valence-corrected chi connectivity index (χ2v) is 4.80. The Morgan fingerprint density at radius 1 is 1.36 bits per heavy atom. The molecule has 0 fully saturated rings. The van der Waals surface area contributed by atoms with E-state index < -0.39 is 0 Å². The van der Waals surface area contributed by atoms with Gasteiger partial charge in [-0.1, -0.05) is 25.5 Å². The zero-order valence-corrected chi connectivity index (χ0v) is 13.7. The van der Waals surface area contributed by atoms with E-state index in [2.05, 4.69) is 29.5 Å². The number of aromatic nitrogens is 2. The van der Waals surface area contributed by atoms with Crippen LogP contribution in [-0.4, -0.2) is 19.3 Å². The van der Waals surface area contributed by atoms with Gasteiger partial charge in [0.15, 0.2) is 6.07 Å². The average Bonchev–Trinajstić information content (AvgIpc) is 2.61. The second-order valence-electron chi connectivity index (χ2n) is 4.80. The van der Waals surface area contributed by atoms with Crippen LogP contribution in [-0.2, 0) is 0 Å². The number of nitrogens with one attached hydrogen (secondary N) is 2. The first-order valence-electron chi connectivity index (χ1n) is 7.40. The number of nitrogens with zero attached hydrogens (tertiary/aromatic N) is 4. The van der Waals surface area contributed by atoms with Gasteiger partial charge >= 0.3 is 17.5 Å². The fourth-order valence-corrected chi connectivity index (χ4v) is 1.85. The number of benzene rings is 1. The Balaban J connectivity index is 0.000000275. The quantitative estimate of drug-likeness (QED) is 0.238. The Morgan fingerprint density at radius 2 is 1.96 bits per heavy atom. The highest BCUT2D eigenvalue weighted by atomic mass is 16.5. The molecule has 0 aliphatic heterocycles. The molecule has 2 aromatic rings. The molecule has 4 N–H and O–H groups in total. The third kappa shape index (κ3) is 4.93. The number of rotatable bonds is 4. The van der Waals surface area contributed by atoms with E-state index in [-0.39, 0.29) is 28.6 Å². The summed E-state index contributed by atoms with van der Waals surface area (Å²) in [6.45, 7) is 5.86. The summed E-state index contributed by atoms with van der Waals surface area (Å²) < 4.78 is 0.737. The highest BCUT2D eigenvalue weighted by Crippen LogP contribution is 2.09. The van der Waals surface area contributed by atoms with Gasteiger partial charge in [-0.05, 0) is 12.5 Å². The first-order valence-corrected chi connectivity index (χ1v) is 7.40. The molecule has 1 aromatic heterocycles. The molecule has 0 bridgehead atoms. The van der Waals surface area contributed by atoms with Crippen molar-refractivity contribution in [2.24, 2.45) is 5.10 Å². The van der Waals surface area contributed by atoms with Crippen LogP contribution in [0.5, 0.6) is 0 Å². The molecule has 0 unspecified atom stereocenters. The van der Waals surface area contributed by atoms with Crippen LogP contribution in [0.4, 0.5) is 10.6 Å². The maximum absolute atomic E-state index is 11.6. The number of fused-ring (bicyclic) bond motifs is 1. The predicted molar refractivity (Wildman–Crippen MR) is 92.0 cm³/mol. The maximum atomic E-state index is 11.6. The zero-order chi connectivity index (χ0) is 18.8. The molecule has 2 amide bonds. The molecule has 1 heterocycles. The van der Waals surface area contributed by atoms with Crippen LogP contribution in [0.25, 0.3) is 11.0 Å². The molecule has 0 saturated heterocycles. The number of carbonyl (C=O) groups excluding carboxylic acids is 1. The summed E-state index contributed by atoms with van der Waals surface area (Å²) in [5.74, 6) is -0.383. The monoisotopic (exact) mass is 345 g/mol. The minimum Gasteiger partial charge on any atom is -0.710 e. The van der Waals surface area contributed by atoms with Gasteiger partial charge in [0.25, 0.3) is 5.52 Å². The molecule has 25 heavy (non-hydrogen) atoms. The van der Waals surface area contributed by atoms with Gasteiger partial charge in [0, 0.05) is 19.3 Å². The van der Waals surface area contributed by atoms with Gasteiger partial charge in [-0.3, -0.25) is 5.73 Å². The number of hydrazone groups is 1. The fraction of sp³-hybridized carbons (Fsp3) is 0.267. The van der Waals surface area contributed by atoms with Gasteiger partial charge in [0.05, 0.1) is 0 Å². The summed E-state index contributed by atoms with van der Waals surface area (Å²) in [7, 11) is 0. The Bertz CT molecular complexity index is 802.